The minimum absolute atomic E-state index is 0.0695. The molecule has 0 unspecified atom stereocenters. The third-order valence-corrected chi connectivity index (χ3v) is 4.17. The highest BCUT2D eigenvalue weighted by molar-refractivity contribution is 6.41. The van der Waals surface area contributed by atoms with Crippen LogP contribution in [0, 0.1) is 0 Å². The number of hydrogen-bond acceptors (Lipinski definition) is 3. The lowest BCUT2D eigenvalue weighted by Gasteiger charge is -2.33. The monoisotopic (exact) mass is 363 g/mol. The molecule has 1 aliphatic heterocycles. The molecule has 2 rings (SSSR count). The third-order valence-electron chi connectivity index (χ3n) is 3.84. The molecule has 1 aromatic carbocycles. The summed E-state index contributed by atoms with van der Waals surface area (Å²) in [7, 11) is 0. The molecule has 1 N–H and O–H groups in total. The number of alkyl halides is 3. The number of nitrogens with zero attached hydrogens (tertiary/aromatic N) is 2. The van der Waals surface area contributed by atoms with Crippen molar-refractivity contribution in [2.24, 2.45) is 0 Å². The Morgan fingerprint density at radius 1 is 1.21 bits per heavy atom. The van der Waals surface area contributed by atoms with Crippen LogP contribution in [0.3, 0.4) is 0 Å². The molecule has 0 radical (unpaired) electrons. The summed E-state index contributed by atoms with van der Waals surface area (Å²) in [6.45, 7) is 4.96. The van der Waals surface area contributed by atoms with Crippen LogP contribution in [0.2, 0.25) is 5.02 Å². The van der Waals surface area contributed by atoms with Gasteiger partial charge in [-0.3, -0.25) is 9.59 Å². The number of piperazine rings is 1. The van der Waals surface area contributed by atoms with Crippen LogP contribution in [0.15, 0.2) is 18.2 Å². The Bertz CT molecular complexity index is 629. The smallest absolute Gasteiger partial charge is 0.332 e. The molecular formula is C15H17ClF3N3O2. The molecule has 0 aromatic heterocycles. The maximum Gasteiger partial charge on any atom is 0.416 e. The zero-order valence-electron chi connectivity index (χ0n) is 13.0. The predicted octanol–water partition coefficient (Wildman–Crippen LogP) is 2.46. The fourth-order valence-electron chi connectivity index (χ4n) is 2.38. The van der Waals surface area contributed by atoms with E-state index in [1.807, 2.05) is 6.92 Å². The van der Waals surface area contributed by atoms with Crippen LogP contribution in [0.4, 0.5) is 18.9 Å². The molecule has 132 valence electrons. The number of halogens is 4. The minimum atomic E-state index is -4.56. The first kappa shape index (κ1) is 18.5. The zero-order valence-corrected chi connectivity index (χ0v) is 13.7. The van der Waals surface area contributed by atoms with Crippen molar-refractivity contribution < 1.29 is 22.8 Å². The Hall–Kier alpha value is -1.80. The summed E-state index contributed by atoms with van der Waals surface area (Å²) >= 11 is 5.81. The topological polar surface area (TPSA) is 52.7 Å². The highest BCUT2D eigenvalue weighted by atomic mass is 35.5. The fraction of sp³-hybridized carbons (Fsp3) is 0.467. The van der Waals surface area contributed by atoms with E-state index in [0.29, 0.717) is 32.2 Å². The number of nitrogens with one attached hydrogen (secondary N) is 1. The van der Waals surface area contributed by atoms with Gasteiger partial charge in [0.25, 0.3) is 0 Å². The molecule has 9 heteroatoms. The molecular weight excluding hydrogens is 347 g/mol. The fourth-order valence-corrected chi connectivity index (χ4v) is 2.55. The van der Waals surface area contributed by atoms with Gasteiger partial charge in [-0.1, -0.05) is 18.5 Å². The number of amides is 2. The van der Waals surface area contributed by atoms with Gasteiger partial charge in [-0.25, -0.2) is 0 Å². The summed E-state index contributed by atoms with van der Waals surface area (Å²) < 4.78 is 38.2. The quantitative estimate of drug-likeness (QED) is 0.821. The molecule has 1 saturated heterocycles. The van der Waals surface area contributed by atoms with Crippen molar-refractivity contribution in [1.82, 2.24) is 9.80 Å². The van der Waals surface area contributed by atoms with Crippen LogP contribution in [0.1, 0.15) is 12.5 Å². The van der Waals surface area contributed by atoms with E-state index in [-0.39, 0.29) is 10.7 Å². The predicted molar refractivity (Wildman–Crippen MR) is 83.8 cm³/mol. The summed E-state index contributed by atoms with van der Waals surface area (Å²) in [5, 5.41) is 2.10. The standard InChI is InChI=1S/C15H17ClF3N3O2/c1-2-21-5-7-22(8-6-21)14(24)13(23)20-12-9-10(15(17,18)19)3-4-11(12)16/h3-4,9H,2,5-8H2,1H3,(H,20,23). The van der Waals surface area contributed by atoms with Crippen molar-refractivity contribution in [3.8, 4) is 0 Å². The number of likely N-dealkylation sites (N-methyl/N-ethyl adjacent to an activating group) is 1. The summed E-state index contributed by atoms with van der Waals surface area (Å²) in [6, 6.07) is 2.55. The van der Waals surface area contributed by atoms with Crippen LogP contribution in [-0.2, 0) is 15.8 Å². The number of hydrogen-bond donors (Lipinski definition) is 1. The van der Waals surface area contributed by atoms with E-state index in [1.165, 1.54) is 4.90 Å². The Balaban J connectivity index is 2.05. The third kappa shape index (κ3) is 4.39. The summed E-state index contributed by atoms with van der Waals surface area (Å²) in [6.07, 6.45) is -4.56. The first-order valence-electron chi connectivity index (χ1n) is 7.41. The second-order valence-corrected chi connectivity index (χ2v) is 5.78. The Morgan fingerprint density at radius 3 is 2.38 bits per heavy atom. The average molecular weight is 364 g/mol. The van der Waals surface area contributed by atoms with Crippen LogP contribution < -0.4 is 5.32 Å². The van der Waals surface area contributed by atoms with Gasteiger partial charge in [-0.15, -0.1) is 0 Å². The molecule has 0 atom stereocenters. The molecule has 24 heavy (non-hydrogen) atoms. The van der Waals surface area contributed by atoms with Gasteiger partial charge in [0.2, 0.25) is 0 Å². The number of anilines is 1. The van der Waals surface area contributed by atoms with Gasteiger partial charge < -0.3 is 15.1 Å². The highest BCUT2D eigenvalue weighted by Gasteiger charge is 2.32. The van der Waals surface area contributed by atoms with Crippen LogP contribution in [0.5, 0.6) is 0 Å². The van der Waals surface area contributed by atoms with E-state index in [4.69, 9.17) is 11.6 Å². The van der Waals surface area contributed by atoms with Gasteiger partial charge in [0.15, 0.2) is 0 Å². The van der Waals surface area contributed by atoms with Crippen molar-refractivity contribution >= 4 is 29.1 Å². The van der Waals surface area contributed by atoms with E-state index < -0.39 is 23.6 Å². The normalized spacial score (nSPS) is 16.1. The van der Waals surface area contributed by atoms with Gasteiger partial charge in [-0.05, 0) is 24.7 Å². The number of carbonyl (C=O) groups excluding carboxylic acids is 2. The van der Waals surface area contributed by atoms with E-state index in [0.717, 1.165) is 18.7 Å². The number of benzene rings is 1. The molecule has 0 bridgehead atoms. The molecule has 0 saturated carbocycles. The van der Waals surface area contributed by atoms with Gasteiger partial charge in [0.05, 0.1) is 16.3 Å². The molecule has 1 aromatic rings. The lowest BCUT2D eigenvalue weighted by atomic mass is 10.2. The molecule has 1 heterocycles. The van der Waals surface area contributed by atoms with E-state index >= 15 is 0 Å². The zero-order chi connectivity index (χ0) is 17.9. The van der Waals surface area contributed by atoms with E-state index in [1.54, 1.807) is 0 Å². The summed E-state index contributed by atoms with van der Waals surface area (Å²) in [5.41, 5.74) is -1.19. The van der Waals surface area contributed by atoms with Gasteiger partial charge in [-0.2, -0.15) is 13.2 Å². The lowest BCUT2D eigenvalue weighted by molar-refractivity contribution is -0.144. The maximum atomic E-state index is 12.7. The highest BCUT2D eigenvalue weighted by Crippen LogP contribution is 2.33. The first-order chi connectivity index (χ1) is 11.2. The second kappa shape index (κ2) is 7.40. The van der Waals surface area contributed by atoms with Crippen LogP contribution in [-0.4, -0.2) is 54.3 Å². The first-order valence-corrected chi connectivity index (χ1v) is 7.79. The minimum Gasteiger partial charge on any atom is -0.332 e. The molecule has 0 aliphatic carbocycles. The molecule has 1 fully saturated rings. The van der Waals surface area contributed by atoms with Gasteiger partial charge in [0, 0.05) is 26.2 Å². The summed E-state index contributed by atoms with van der Waals surface area (Å²) in [5.74, 6) is -1.78. The Kier molecular flexibility index (Phi) is 5.71. The van der Waals surface area contributed by atoms with Crippen molar-refractivity contribution in [2.45, 2.75) is 13.1 Å². The van der Waals surface area contributed by atoms with Crippen molar-refractivity contribution in [3.05, 3.63) is 28.8 Å². The average Bonchev–Trinajstić information content (AvgIpc) is 2.55. The van der Waals surface area contributed by atoms with Crippen molar-refractivity contribution in [3.63, 3.8) is 0 Å². The van der Waals surface area contributed by atoms with E-state index in [9.17, 15) is 22.8 Å². The SMILES string of the molecule is CCN1CCN(C(=O)C(=O)Nc2cc(C(F)(F)F)ccc2Cl)CC1. The lowest BCUT2D eigenvalue weighted by Crippen LogP contribution is -2.51. The maximum absolute atomic E-state index is 12.7. The number of rotatable bonds is 2. The molecule has 0 spiro atoms. The molecule has 2 amide bonds. The molecule has 1 aliphatic rings. The van der Waals surface area contributed by atoms with Crippen molar-refractivity contribution in [1.29, 1.82) is 0 Å². The van der Waals surface area contributed by atoms with E-state index in [2.05, 4.69) is 10.2 Å². The summed E-state index contributed by atoms with van der Waals surface area (Å²) in [4.78, 5) is 27.6. The number of carbonyl (C=O) groups is 2. The molecule has 5 nitrogen and oxygen atoms in total. The van der Waals surface area contributed by atoms with Crippen LogP contribution in [0.25, 0.3) is 0 Å². The Labute approximate surface area is 142 Å². The second-order valence-electron chi connectivity index (χ2n) is 5.37. The van der Waals surface area contributed by atoms with Crippen LogP contribution >= 0.6 is 11.6 Å². The van der Waals surface area contributed by atoms with Gasteiger partial charge in [0.1, 0.15) is 0 Å². The van der Waals surface area contributed by atoms with Gasteiger partial charge >= 0.3 is 18.0 Å². The largest absolute Gasteiger partial charge is 0.416 e. The Morgan fingerprint density at radius 2 is 1.83 bits per heavy atom. The van der Waals surface area contributed by atoms with Crippen molar-refractivity contribution in [2.75, 3.05) is 38.0 Å².